The Balaban J connectivity index is 1.80. The standard InChI is InChI=1S/C21H21F3N2O4/c22-21(23,24)14-30-16-8-9-18(26(28)29)17(12-16)19(27)25-13-20(10-4-5-11-20)15-6-2-1-3-7-15/h1-3,6-9,12H,4-5,10-11,13-14H2,(H,25,27). The van der Waals surface area contributed by atoms with E-state index in [1.807, 2.05) is 30.3 Å². The molecule has 160 valence electrons. The van der Waals surface area contributed by atoms with Crippen LogP contribution in [0.4, 0.5) is 18.9 Å². The summed E-state index contributed by atoms with van der Waals surface area (Å²) < 4.78 is 41.8. The van der Waals surface area contributed by atoms with Gasteiger partial charge >= 0.3 is 6.18 Å². The van der Waals surface area contributed by atoms with Crippen LogP contribution in [0.3, 0.4) is 0 Å². The Hall–Kier alpha value is -3.10. The summed E-state index contributed by atoms with van der Waals surface area (Å²) in [4.78, 5) is 23.3. The molecular formula is C21H21F3N2O4. The maximum Gasteiger partial charge on any atom is 0.422 e. The highest BCUT2D eigenvalue weighted by Crippen LogP contribution is 2.40. The largest absolute Gasteiger partial charge is 0.484 e. The first-order valence-corrected chi connectivity index (χ1v) is 9.52. The summed E-state index contributed by atoms with van der Waals surface area (Å²) in [5.41, 5.74) is -0.0108. The topological polar surface area (TPSA) is 81.5 Å². The van der Waals surface area contributed by atoms with Gasteiger partial charge in [-0.15, -0.1) is 0 Å². The summed E-state index contributed by atoms with van der Waals surface area (Å²) in [6.45, 7) is -1.27. The number of amides is 1. The van der Waals surface area contributed by atoms with E-state index in [0.29, 0.717) is 0 Å². The van der Waals surface area contributed by atoms with Gasteiger partial charge in [0.25, 0.3) is 11.6 Å². The quantitative estimate of drug-likeness (QED) is 0.514. The molecule has 0 atom stereocenters. The van der Waals surface area contributed by atoms with Crippen LogP contribution in [-0.2, 0) is 5.41 Å². The molecule has 1 aliphatic rings. The predicted molar refractivity (Wildman–Crippen MR) is 104 cm³/mol. The van der Waals surface area contributed by atoms with Crippen LogP contribution < -0.4 is 10.1 Å². The maximum absolute atomic E-state index is 12.8. The summed E-state index contributed by atoms with van der Waals surface area (Å²) in [5, 5.41) is 14.1. The minimum Gasteiger partial charge on any atom is -0.484 e. The molecule has 0 bridgehead atoms. The molecule has 0 unspecified atom stereocenters. The maximum atomic E-state index is 12.8. The average Bonchev–Trinajstić information content (AvgIpc) is 3.20. The molecule has 30 heavy (non-hydrogen) atoms. The fourth-order valence-corrected chi connectivity index (χ4v) is 3.87. The molecule has 0 saturated heterocycles. The number of carbonyl (C=O) groups excluding carboxylic acids is 1. The van der Waals surface area contributed by atoms with Gasteiger partial charge in [-0.2, -0.15) is 13.2 Å². The van der Waals surface area contributed by atoms with E-state index >= 15 is 0 Å². The van der Waals surface area contributed by atoms with Crippen LogP contribution >= 0.6 is 0 Å². The number of nitrogens with zero attached hydrogens (tertiary/aromatic N) is 1. The van der Waals surface area contributed by atoms with Gasteiger partial charge in [-0.3, -0.25) is 14.9 Å². The Morgan fingerprint density at radius 3 is 2.40 bits per heavy atom. The summed E-state index contributed by atoms with van der Waals surface area (Å²) in [7, 11) is 0. The van der Waals surface area contributed by atoms with Crippen molar-refractivity contribution in [1.29, 1.82) is 0 Å². The Kier molecular flexibility index (Phi) is 6.28. The number of carbonyl (C=O) groups is 1. The number of rotatable bonds is 7. The van der Waals surface area contributed by atoms with E-state index in [0.717, 1.165) is 49.4 Å². The van der Waals surface area contributed by atoms with Crippen LogP contribution in [-0.4, -0.2) is 30.2 Å². The van der Waals surface area contributed by atoms with Crippen molar-refractivity contribution in [3.63, 3.8) is 0 Å². The second-order valence-electron chi connectivity index (χ2n) is 7.38. The zero-order valence-corrected chi connectivity index (χ0v) is 16.1. The third-order valence-corrected chi connectivity index (χ3v) is 5.35. The molecule has 0 aliphatic heterocycles. The smallest absolute Gasteiger partial charge is 0.422 e. The van der Waals surface area contributed by atoms with Gasteiger partial charge in [0, 0.05) is 18.0 Å². The average molecular weight is 422 g/mol. The SMILES string of the molecule is O=C(NCC1(c2ccccc2)CCCC1)c1cc(OCC(F)(F)F)ccc1[N+](=O)[O-]. The molecule has 1 amide bonds. The molecule has 1 fully saturated rings. The van der Waals surface area contributed by atoms with Gasteiger partial charge in [0.15, 0.2) is 6.61 Å². The number of nitro groups is 1. The molecule has 2 aromatic carbocycles. The number of hydrogen-bond acceptors (Lipinski definition) is 4. The van der Waals surface area contributed by atoms with Gasteiger partial charge in [-0.05, 0) is 30.5 Å². The van der Waals surface area contributed by atoms with Gasteiger partial charge in [0.2, 0.25) is 0 Å². The molecular weight excluding hydrogens is 401 g/mol. The molecule has 2 aromatic rings. The number of alkyl halides is 3. The van der Waals surface area contributed by atoms with E-state index in [4.69, 9.17) is 0 Å². The lowest BCUT2D eigenvalue weighted by molar-refractivity contribution is -0.385. The Morgan fingerprint density at radius 2 is 1.80 bits per heavy atom. The third kappa shape index (κ3) is 5.08. The number of nitrogens with one attached hydrogen (secondary N) is 1. The fraction of sp³-hybridized carbons (Fsp3) is 0.381. The first kappa shape index (κ1) is 21.6. The number of ether oxygens (including phenoxy) is 1. The number of nitro benzene ring substituents is 1. The zero-order valence-electron chi connectivity index (χ0n) is 16.1. The molecule has 6 nitrogen and oxygen atoms in total. The highest BCUT2D eigenvalue weighted by Gasteiger charge is 2.36. The van der Waals surface area contributed by atoms with Gasteiger partial charge < -0.3 is 10.1 Å². The van der Waals surface area contributed by atoms with Crippen molar-refractivity contribution in [2.45, 2.75) is 37.3 Å². The first-order valence-electron chi connectivity index (χ1n) is 9.52. The van der Waals surface area contributed by atoms with E-state index < -0.39 is 29.3 Å². The molecule has 1 saturated carbocycles. The normalized spacial score (nSPS) is 15.6. The van der Waals surface area contributed by atoms with Gasteiger partial charge in [0.1, 0.15) is 11.3 Å². The highest BCUT2D eigenvalue weighted by molar-refractivity contribution is 5.98. The summed E-state index contributed by atoms with van der Waals surface area (Å²) >= 11 is 0. The molecule has 0 spiro atoms. The zero-order chi connectivity index (χ0) is 21.8. The molecule has 0 aromatic heterocycles. The van der Waals surface area contributed by atoms with Crippen molar-refractivity contribution >= 4 is 11.6 Å². The Labute approximate surface area is 171 Å². The van der Waals surface area contributed by atoms with E-state index in [2.05, 4.69) is 10.1 Å². The van der Waals surface area contributed by atoms with Crippen LogP contribution in [0.5, 0.6) is 5.75 Å². The van der Waals surface area contributed by atoms with Crippen molar-refractivity contribution in [3.8, 4) is 5.75 Å². The number of halogens is 3. The monoisotopic (exact) mass is 422 g/mol. The summed E-state index contributed by atoms with van der Waals surface area (Å²) in [6.07, 6.45) is -0.811. The van der Waals surface area contributed by atoms with Crippen molar-refractivity contribution in [1.82, 2.24) is 5.32 Å². The van der Waals surface area contributed by atoms with Crippen molar-refractivity contribution in [2.24, 2.45) is 0 Å². The second-order valence-corrected chi connectivity index (χ2v) is 7.38. The lowest BCUT2D eigenvalue weighted by Gasteiger charge is -2.30. The van der Waals surface area contributed by atoms with Crippen LogP contribution in [0.15, 0.2) is 48.5 Å². The molecule has 3 rings (SSSR count). The minimum atomic E-state index is -4.56. The molecule has 0 heterocycles. The number of hydrogen-bond donors (Lipinski definition) is 1. The van der Waals surface area contributed by atoms with E-state index in [1.165, 1.54) is 0 Å². The van der Waals surface area contributed by atoms with Crippen LogP contribution in [0.2, 0.25) is 0 Å². The molecule has 0 radical (unpaired) electrons. The van der Waals surface area contributed by atoms with E-state index in [-0.39, 0.29) is 23.3 Å². The fourth-order valence-electron chi connectivity index (χ4n) is 3.87. The van der Waals surface area contributed by atoms with Crippen molar-refractivity contribution in [2.75, 3.05) is 13.2 Å². The molecule has 1 N–H and O–H groups in total. The van der Waals surface area contributed by atoms with Crippen LogP contribution in [0.1, 0.15) is 41.6 Å². The summed E-state index contributed by atoms with van der Waals surface area (Å²) in [5.74, 6) is -0.983. The minimum absolute atomic E-state index is 0.262. The van der Waals surface area contributed by atoms with Crippen LogP contribution in [0, 0.1) is 10.1 Å². The lowest BCUT2D eigenvalue weighted by Crippen LogP contribution is -2.39. The predicted octanol–water partition coefficient (Wildman–Crippen LogP) is 4.78. The molecule has 1 aliphatic carbocycles. The first-order chi connectivity index (χ1) is 14.2. The van der Waals surface area contributed by atoms with Crippen LogP contribution in [0.25, 0.3) is 0 Å². The van der Waals surface area contributed by atoms with Gasteiger partial charge in [-0.1, -0.05) is 43.2 Å². The summed E-state index contributed by atoms with van der Waals surface area (Å²) in [6, 6.07) is 12.7. The molecule has 9 heteroatoms. The van der Waals surface area contributed by atoms with Gasteiger partial charge in [-0.25, -0.2) is 0 Å². The highest BCUT2D eigenvalue weighted by atomic mass is 19.4. The lowest BCUT2D eigenvalue weighted by atomic mass is 9.79. The Morgan fingerprint density at radius 1 is 1.13 bits per heavy atom. The van der Waals surface area contributed by atoms with Crippen molar-refractivity contribution in [3.05, 3.63) is 69.8 Å². The van der Waals surface area contributed by atoms with Gasteiger partial charge in [0.05, 0.1) is 4.92 Å². The van der Waals surface area contributed by atoms with Crippen molar-refractivity contribution < 1.29 is 27.6 Å². The number of benzene rings is 2. The van der Waals surface area contributed by atoms with E-state index in [1.54, 1.807) is 0 Å². The van der Waals surface area contributed by atoms with E-state index in [9.17, 15) is 28.1 Å². The second kappa shape index (κ2) is 8.73. The third-order valence-electron chi connectivity index (χ3n) is 5.35. The Bertz CT molecular complexity index is 910.